The molecule has 0 bridgehead atoms. The minimum atomic E-state index is -0.786. The van der Waals surface area contributed by atoms with Crippen LogP contribution in [0.1, 0.15) is 46.6 Å². The molecule has 0 radical (unpaired) electrons. The Morgan fingerprint density at radius 2 is 1.79 bits per heavy atom. The van der Waals surface area contributed by atoms with E-state index in [2.05, 4.69) is 0 Å². The Balaban J connectivity index is 2.23. The molecule has 2 amide bonds. The number of hydrogen-bond donors (Lipinski definition) is 0. The monoisotopic (exact) mass is 462 g/mol. The van der Waals surface area contributed by atoms with Crippen LogP contribution in [-0.2, 0) is 30.4 Å². The van der Waals surface area contributed by atoms with E-state index in [-0.39, 0.29) is 17.7 Å². The number of methoxy groups -OCH3 is 1. The van der Waals surface area contributed by atoms with Gasteiger partial charge in [-0.25, -0.2) is 9.59 Å². The van der Waals surface area contributed by atoms with E-state index in [0.717, 1.165) is 5.56 Å². The van der Waals surface area contributed by atoms with Gasteiger partial charge in [-0.15, -0.1) is 0 Å². The molecule has 33 heavy (non-hydrogen) atoms. The van der Waals surface area contributed by atoms with Crippen molar-refractivity contribution in [2.45, 2.75) is 65.3 Å². The van der Waals surface area contributed by atoms with Crippen molar-refractivity contribution in [1.29, 1.82) is 0 Å². The molecule has 1 aliphatic rings. The lowest BCUT2D eigenvalue weighted by molar-refractivity contribution is -0.155. The van der Waals surface area contributed by atoms with E-state index in [4.69, 9.17) is 14.2 Å². The van der Waals surface area contributed by atoms with Crippen molar-refractivity contribution in [3.05, 3.63) is 35.9 Å². The molecule has 1 aromatic rings. The Morgan fingerprint density at radius 1 is 1.15 bits per heavy atom. The zero-order valence-corrected chi connectivity index (χ0v) is 20.9. The van der Waals surface area contributed by atoms with Crippen LogP contribution in [0.25, 0.3) is 0 Å². The summed E-state index contributed by atoms with van der Waals surface area (Å²) in [6, 6.07) is 8.23. The van der Waals surface area contributed by atoms with Gasteiger partial charge in [-0.2, -0.15) is 0 Å². The number of likely N-dealkylation sites (N-methyl/N-ethyl adjacent to an activating group) is 1. The maximum atomic E-state index is 13.6. The molecule has 0 N–H and O–H groups in total. The van der Waals surface area contributed by atoms with Gasteiger partial charge < -0.3 is 19.1 Å². The van der Waals surface area contributed by atoms with E-state index >= 15 is 0 Å². The normalized spacial score (nSPS) is 19.3. The number of ether oxygens (including phenoxy) is 3. The third kappa shape index (κ3) is 7.19. The maximum absolute atomic E-state index is 13.6. The largest absolute Gasteiger partial charge is 0.467 e. The van der Waals surface area contributed by atoms with Crippen LogP contribution in [0.4, 0.5) is 4.79 Å². The summed E-state index contributed by atoms with van der Waals surface area (Å²) >= 11 is 0. The highest BCUT2D eigenvalue weighted by Gasteiger charge is 2.46. The lowest BCUT2D eigenvalue weighted by atomic mass is 9.97. The molecule has 1 fully saturated rings. The minimum absolute atomic E-state index is 0.157. The standard InChI is InChI=1S/C25H38N2O6/c1-17(2)20(23(29)31-7)26(6)22(28)21-19(16-32-15-18-11-9-8-10-12-18)13-14-27(21)24(30)33-25(3,4)5/h8-12,17,19-21H,13-16H2,1-7H3/t19-,20+,21+/m1/s1. The number of carbonyl (C=O) groups excluding carboxylic acids is 3. The highest BCUT2D eigenvalue weighted by molar-refractivity contribution is 5.90. The fourth-order valence-electron chi connectivity index (χ4n) is 4.14. The van der Waals surface area contributed by atoms with Crippen LogP contribution in [0.3, 0.4) is 0 Å². The van der Waals surface area contributed by atoms with E-state index in [1.165, 1.54) is 16.9 Å². The number of benzene rings is 1. The van der Waals surface area contributed by atoms with Crippen LogP contribution in [0.2, 0.25) is 0 Å². The van der Waals surface area contributed by atoms with Crippen molar-refractivity contribution in [1.82, 2.24) is 9.80 Å². The number of esters is 1. The van der Waals surface area contributed by atoms with Crippen molar-refractivity contribution in [2.24, 2.45) is 11.8 Å². The van der Waals surface area contributed by atoms with E-state index < -0.39 is 29.7 Å². The number of carbonyl (C=O) groups is 3. The summed E-state index contributed by atoms with van der Waals surface area (Å²) in [5, 5.41) is 0. The predicted molar refractivity (Wildman–Crippen MR) is 124 cm³/mol. The van der Waals surface area contributed by atoms with Gasteiger partial charge in [-0.3, -0.25) is 9.69 Å². The summed E-state index contributed by atoms with van der Waals surface area (Å²) in [4.78, 5) is 41.8. The smallest absolute Gasteiger partial charge is 0.410 e. The van der Waals surface area contributed by atoms with Crippen molar-refractivity contribution in [3.63, 3.8) is 0 Å². The number of nitrogens with zero attached hydrogens (tertiary/aromatic N) is 2. The van der Waals surface area contributed by atoms with Gasteiger partial charge in [0.15, 0.2) is 0 Å². The quantitative estimate of drug-likeness (QED) is 0.550. The van der Waals surface area contributed by atoms with E-state index in [1.807, 2.05) is 44.2 Å². The fourth-order valence-corrected chi connectivity index (χ4v) is 4.14. The fraction of sp³-hybridized carbons (Fsp3) is 0.640. The molecule has 8 heteroatoms. The lowest BCUT2D eigenvalue weighted by Gasteiger charge is -2.35. The van der Waals surface area contributed by atoms with Gasteiger partial charge in [0.1, 0.15) is 17.7 Å². The zero-order valence-electron chi connectivity index (χ0n) is 20.9. The molecule has 0 unspecified atom stereocenters. The highest BCUT2D eigenvalue weighted by atomic mass is 16.6. The Hall–Kier alpha value is -2.61. The van der Waals surface area contributed by atoms with E-state index in [0.29, 0.717) is 26.2 Å². The van der Waals surface area contributed by atoms with Crippen molar-refractivity contribution >= 4 is 18.0 Å². The van der Waals surface area contributed by atoms with Gasteiger partial charge in [0.25, 0.3) is 0 Å². The minimum Gasteiger partial charge on any atom is -0.467 e. The van der Waals surface area contributed by atoms with Crippen molar-refractivity contribution in [3.8, 4) is 0 Å². The summed E-state index contributed by atoms with van der Waals surface area (Å²) in [6.45, 7) is 10.2. The molecule has 184 valence electrons. The van der Waals surface area contributed by atoms with Crippen LogP contribution in [0.15, 0.2) is 30.3 Å². The second kappa shape index (κ2) is 11.5. The first-order valence-electron chi connectivity index (χ1n) is 11.4. The summed E-state index contributed by atoms with van der Waals surface area (Å²) in [5.74, 6) is -1.19. The molecule has 1 saturated heterocycles. The van der Waals surface area contributed by atoms with E-state index in [9.17, 15) is 14.4 Å². The molecule has 1 aliphatic heterocycles. The third-order valence-corrected chi connectivity index (χ3v) is 5.69. The molecule has 3 atom stereocenters. The molecular weight excluding hydrogens is 424 g/mol. The Bertz CT molecular complexity index is 805. The molecular formula is C25H38N2O6. The third-order valence-electron chi connectivity index (χ3n) is 5.69. The Kier molecular flexibility index (Phi) is 9.28. The summed E-state index contributed by atoms with van der Waals surface area (Å²) in [6.07, 6.45) is 0.0574. The first-order valence-corrected chi connectivity index (χ1v) is 11.4. The van der Waals surface area contributed by atoms with Gasteiger partial charge in [-0.1, -0.05) is 44.2 Å². The lowest BCUT2D eigenvalue weighted by Crippen LogP contribution is -2.55. The summed E-state index contributed by atoms with van der Waals surface area (Å²) < 4.78 is 16.4. The van der Waals surface area contributed by atoms with E-state index in [1.54, 1.807) is 27.8 Å². The van der Waals surface area contributed by atoms with Crippen LogP contribution >= 0.6 is 0 Å². The summed E-state index contributed by atoms with van der Waals surface area (Å²) in [5.41, 5.74) is 0.343. The second-order valence-electron chi connectivity index (χ2n) is 9.83. The Labute approximate surface area is 197 Å². The molecule has 8 nitrogen and oxygen atoms in total. The average molecular weight is 463 g/mol. The maximum Gasteiger partial charge on any atom is 0.410 e. The van der Waals surface area contributed by atoms with Crippen molar-refractivity contribution < 1.29 is 28.6 Å². The van der Waals surface area contributed by atoms with Crippen LogP contribution in [-0.4, -0.2) is 72.8 Å². The average Bonchev–Trinajstić information content (AvgIpc) is 3.16. The summed E-state index contributed by atoms with van der Waals surface area (Å²) in [7, 11) is 2.89. The van der Waals surface area contributed by atoms with Gasteiger partial charge in [0, 0.05) is 19.5 Å². The molecule has 1 aromatic carbocycles. The number of amides is 2. The number of hydrogen-bond acceptors (Lipinski definition) is 6. The number of rotatable bonds is 8. The number of likely N-dealkylation sites (tertiary alicyclic amines) is 1. The molecule has 0 spiro atoms. The first-order chi connectivity index (χ1) is 15.5. The second-order valence-corrected chi connectivity index (χ2v) is 9.83. The molecule has 1 heterocycles. The molecule has 0 saturated carbocycles. The highest BCUT2D eigenvalue weighted by Crippen LogP contribution is 2.29. The van der Waals surface area contributed by atoms with Gasteiger partial charge >= 0.3 is 12.1 Å². The van der Waals surface area contributed by atoms with Gasteiger partial charge in [0.05, 0.1) is 20.3 Å². The van der Waals surface area contributed by atoms with Crippen LogP contribution < -0.4 is 0 Å². The predicted octanol–water partition coefficient (Wildman–Crippen LogP) is 3.48. The van der Waals surface area contributed by atoms with Crippen molar-refractivity contribution in [2.75, 3.05) is 27.3 Å². The molecule has 0 aromatic heterocycles. The zero-order chi connectivity index (χ0) is 24.8. The first kappa shape index (κ1) is 26.6. The van der Waals surface area contributed by atoms with Gasteiger partial charge in [-0.05, 0) is 38.7 Å². The van der Waals surface area contributed by atoms with Crippen LogP contribution in [0, 0.1) is 11.8 Å². The van der Waals surface area contributed by atoms with Crippen LogP contribution in [0.5, 0.6) is 0 Å². The Morgan fingerprint density at radius 3 is 2.33 bits per heavy atom. The topological polar surface area (TPSA) is 85.4 Å². The molecule has 0 aliphatic carbocycles. The SMILES string of the molecule is COC(=O)[C@H](C(C)C)N(C)C(=O)[C@@H]1[C@@H](COCc2ccccc2)CCN1C(=O)OC(C)(C)C. The van der Waals surface area contributed by atoms with Gasteiger partial charge in [0.2, 0.25) is 5.91 Å². The molecule has 2 rings (SSSR count).